The van der Waals surface area contributed by atoms with E-state index in [1.165, 1.54) is 15.6 Å². The van der Waals surface area contributed by atoms with E-state index in [1.807, 2.05) is 54.6 Å². The van der Waals surface area contributed by atoms with Gasteiger partial charge in [0.25, 0.3) is 8.60 Å². The van der Waals surface area contributed by atoms with Gasteiger partial charge in [-0.25, -0.2) is 0 Å². The lowest BCUT2D eigenvalue weighted by molar-refractivity contribution is 0.425. The first-order chi connectivity index (χ1) is 12.4. The maximum atomic E-state index is 6.10. The predicted molar refractivity (Wildman–Crippen MR) is 114 cm³/mol. The van der Waals surface area contributed by atoms with Crippen LogP contribution in [0.25, 0.3) is 0 Å². The van der Waals surface area contributed by atoms with E-state index in [0.717, 1.165) is 0 Å². The monoisotopic (exact) mass is 400 g/mol. The summed E-state index contributed by atoms with van der Waals surface area (Å²) in [5.74, 6) is 0. The highest BCUT2D eigenvalue weighted by molar-refractivity contribution is 7.45. The molecule has 0 heterocycles. The van der Waals surface area contributed by atoms with Crippen molar-refractivity contribution in [2.24, 2.45) is 0 Å². The second-order valence-corrected chi connectivity index (χ2v) is 12.4. The van der Waals surface area contributed by atoms with Crippen molar-refractivity contribution >= 4 is 53.5 Å². The maximum Gasteiger partial charge on any atom is 0.299 e. The molecule has 0 saturated heterocycles. The number of benzene rings is 3. The van der Waals surface area contributed by atoms with Crippen molar-refractivity contribution in [2.75, 3.05) is 0 Å². The lowest BCUT2D eigenvalue weighted by Gasteiger charge is -2.18. The molecule has 0 bridgehead atoms. The van der Waals surface area contributed by atoms with E-state index in [9.17, 15) is 0 Å². The highest BCUT2D eigenvalue weighted by Crippen LogP contribution is 2.37. The van der Waals surface area contributed by atoms with E-state index in [1.54, 1.807) is 0 Å². The molecule has 3 aromatic carbocycles. The molecule has 25 heavy (non-hydrogen) atoms. The molecular formula is C18H21O3PSi3. The normalized spacial score (nSPS) is 13.4. The summed E-state index contributed by atoms with van der Waals surface area (Å²) in [5.41, 5.74) is 0. The van der Waals surface area contributed by atoms with Crippen molar-refractivity contribution in [3.05, 3.63) is 91.0 Å². The average molecular weight is 401 g/mol. The van der Waals surface area contributed by atoms with Gasteiger partial charge in [-0.05, 0) is 15.6 Å². The summed E-state index contributed by atoms with van der Waals surface area (Å²) >= 11 is 0. The molecule has 3 rings (SSSR count). The van der Waals surface area contributed by atoms with E-state index in [2.05, 4.69) is 36.4 Å². The van der Waals surface area contributed by atoms with Crippen molar-refractivity contribution in [2.45, 2.75) is 0 Å². The maximum absolute atomic E-state index is 6.10. The van der Waals surface area contributed by atoms with Crippen LogP contribution in [-0.2, 0) is 12.6 Å². The minimum atomic E-state index is -1.25. The molecule has 0 amide bonds. The Morgan fingerprint density at radius 1 is 0.440 bits per heavy atom. The van der Waals surface area contributed by atoms with E-state index in [-0.39, 0.29) is 0 Å². The van der Waals surface area contributed by atoms with Gasteiger partial charge in [-0.2, -0.15) is 0 Å². The minimum Gasteiger partial charge on any atom is -0.358 e. The van der Waals surface area contributed by atoms with Gasteiger partial charge >= 0.3 is 0 Å². The molecule has 3 aromatic rings. The van der Waals surface area contributed by atoms with Crippen LogP contribution < -0.4 is 15.6 Å². The van der Waals surface area contributed by atoms with Gasteiger partial charge in [0.2, 0.25) is 29.3 Å². The largest absolute Gasteiger partial charge is 0.358 e. The molecular weight excluding hydrogens is 379 g/mol. The van der Waals surface area contributed by atoms with Crippen LogP contribution in [0.3, 0.4) is 0 Å². The van der Waals surface area contributed by atoms with Crippen LogP contribution in [0.1, 0.15) is 0 Å². The highest BCUT2D eigenvalue weighted by atomic mass is 31.2. The van der Waals surface area contributed by atoms with E-state index in [4.69, 9.17) is 12.6 Å². The molecule has 0 atom stereocenters. The Bertz CT molecular complexity index is 629. The number of rotatable bonds is 9. The fourth-order valence-corrected chi connectivity index (χ4v) is 9.57. The van der Waals surface area contributed by atoms with Crippen LogP contribution >= 0.6 is 8.60 Å². The average Bonchev–Trinajstić information content (AvgIpc) is 2.70. The molecule has 0 fully saturated rings. The quantitative estimate of drug-likeness (QED) is 0.387. The van der Waals surface area contributed by atoms with E-state index < -0.39 is 37.9 Å². The molecule has 7 heteroatoms. The third-order valence-corrected chi connectivity index (χ3v) is 10.0. The van der Waals surface area contributed by atoms with Crippen molar-refractivity contribution < 1.29 is 12.6 Å². The Kier molecular flexibility index (Phi) is 7.79. The third kappa shape index (κ3) is 6.80. The van der Waals surface area contributed by atoms with Gasteiger partial charge in [0.15, 0.2) is 0 Å². The topological polar surface area (TPSA) is 27.7 Å². The first kappa shape index (κ1) is 18.4. The summed E-state index contributed by atoms with van der Waals surface area (Å²) in [5, 5.41) is 3.81. The molecule has 128 valence electrons. The second-order valence-electron chi connectivity index (χ2n) is 5.50. The summed E-state index contributed by atoms with van der Waals surface area (Å²) in [4.78, 5) is 0. The van der Waals surface area contributed by atoms with E-state index >= 15 is 0 Å². The molecule has 0 aromatic heterocycles. The smallest absolute Gasteiger partial charge is 0.299 e. The lowest BCUT2D eigenvalue weighted by atomic mass is 10.4. The summed E-state index contributed by atoms with van der Waals surface area (Å²) < 4.78 is 18.3. The lowest BCUT2D eigenvalue weighted by Crippen LogP contribution is -2.22. The highest BCUT2D eigenvalue weighted by Gasteiger charge is 2.13. The van der Waals surface area contributed by atoms with Gasteiger partial charge in [0, 0.05) is 0 Å². The molecule has 0 aliphatic carbocycles. The van der Waals surface area contributed by atoms with Gasteiger partial charge in [-0.3, -0.25) is 0 Å². The first-order valence-corrected chi connectivity index (χ1v) is 13.2. The zero-order chi connectivity index (χ0) is 17.2. The summed E-state index contributed by atoms with van der Waals surface area (Å²) in [6.07, 6.45) is 0. The third-order valence-electron chi connectivity index (χ3n) is 3.54. The zero-order valence-corrected chi connectivity index (χ0v) is 19.1. The van der Waals surface area contributed by atoms with Gasteiger partial charge in [-0.1, -0.05) is 91.0 Å². The Balaban J connectivity index is 1.56. The van der Waals surface area contributed by atoms with Crippen molar-refractivity contribution in [1.29, 1.82) is 0 Å². The predicted octanol–water partition coefficient (Wildman–Crippen LogP) is 0.491. The molecule has 0 radical (unpaired) electrons. The Labute approximate surface area is 157 Å². The van der Waals surface area contributed by atoms with Crippen molar-refractivity contribution in [1.82, 2.24) is 0 Å². The SMILES string of the molecule is c1ccc([SiH2]OP(O[SiH2]c2ccccc2)O[SiH2]c2ccccc2)cc1. The fraction of sp³-hybridized carbons (Fsp3) is 0. The van der Waals surface area contributed by atoms with Gasteiger partial charge < -0.3 is 12.6 Å². The zero-order valence-electron chi connectivity index (χ0n) is 14.0. The molecule has 0 aliphatic rings. The summed E-state index contributed by atoms with van der Waals surface area (Å²) in [6, 6.07) is 31.1. The van der Waals surface area contributed by atoms with Gasteiger partial charge in [0.05, 0.1) is 0 Å². The second kappa shape index (κ2) is 10.6. The summed E-state index contributed by atoms with van der Waals surface area (Å²) in [7, 11) is -3.75. The first-order valence-electron chi connectivity index (χ1n) is 8.21. The van der Waals surface area contributed by atoms with Crippen LogP contribution in [0, 0.1) is 0 Å². The number of hydrogen-bond acceptors (Lipinski definition) is 3. The van der Waals surface area contributed by atoms with E-state index in [0.29, 0.717) is 0 Å². The molecule has 0 saturated carbocycles. The molecule has 0 spiro atoms. The standard InChI is InChI=1S/C18H21O3PSi3/c1-4-10-16(11-5-1)23-19-22(20-24-17-12-6-2-7-13-17)21-25-18-14-8-3-9-15-18/h1-15H,23-25H2. The van der Waals surface area contributed by atoms with Crippen LogP contribution in [0.15, 0.2) is 91.0 Å². The number of hydrogen-bond donors (Lipinski definition) is 0. The Morgan fingerprint density at radius 2 is 0.720 bits per heavy atom. The van der Waals surface area contributed by atoms with Crippen LogP contribution in [-0.4, -0.2) is 29.3 Å². The van der Waals surface area contributed by atoms with Crippen molar-refractivity contribution in [3.63, 3.8) is 0 Å². The van der Waals surface area contributed by atoms with Crippen LogP contribution in [0.2, 0.25) is 0 Å². The fourth-order valence-electron chi connectivity index (χ4n) is 2.22. The molecule has 3 nitrogen and oxygen atoms in total. The molecule has 0 unspecified atom stereocenters. The Morgan fingerprint density at radius 3 is 1.00 bits per heavy atom. The molecule has 0 aliphatic heterocycles. The van der Waals surface area contributed by atoms with Crippen LogP contribution in [0.4, 0.5) is 0 Å². The van der Waals surface area contributed by atoms with Gasteiger partial charge in [0.1, 0.15) is 0 Å². The van der Waals surface area contributed by atoms with Crippen molar-refractivity contribution in [3.8, 4) is 0 Å². The van der Waals surface area contributed by atoms with Crippen LogP contribution in [0.5, 0.6) is 0 Å². The summed E-state index contributed by atoms with van der Waals surface area (Å²) in [6.45, 7) is 0. The van der Waals surface area contributed by atoms with Gasteiger partial charge in [-0.15, -0.1) is 0 Å². The Hall–Kier alpha value is -1.38. The minimum absolute atomic E-state index is 0.836. The molecule has 0 N–H and O–H groups in total.